The molecule has 0 radical (unpaired) electrons. The Morgan fingerprint density at radius 1 is 1.43 bits per heavy atom. The zero-order valence-electron chi connectivity index (χ0n) is 6.53. The van der Waals surface area contributed by atoms with Gasteiger partial charge in [-0.25, -0.2) is 0 Å². The third kappa shape index (κ3) is 2.74. The predicted molar refractivity (Wildman–Crippen MR) is 57.4 cm³/mol. The molecule has 0 aromatic heterocycles. The van der Waals surface area contributed by atoms with Gasteiger partial charge in [-0.2, -0.15) is 8.78 Å². The molecule has 0 fully saturated rings. The van der Waals surface area contributed by atoms with E-state index >= 15 is 0 Å². The molecule has 0 atom stereocenters. The number of carbonyl (C=O) groups excluding carboxylic acids is 1. The standard InChI is InChI=1S/C8H3Br2ClF2O/c9-5-2-1-4(3-6(5)11)7(14)8(10,12)13/h1-3H. The molecular weight excluding hydrogens is 345 g/mol. The first-order chi connectivity index (χ1) is 6.32. The highest BCUT2D eigenvalue weighted by atomic mass is 79.9. The molecule has 0 saturated carbocycles. The lowest BCUT2D eigenvalue weighted by Crippen LogP contribution is -2.20. The second kappa shape index (κ2) is 4.24. The minimum atomic E-state index is -3.55. The van der Waals surface area contributed by atoms with Crippen molar-refractivity contribution >= 4 is 49.2 Å². The normalized spacial score (nSPS) is 11.5. The van der Waals surface area contributed by atoms with Crippen LogP contribution < -0.4 is 0 Å². The van der Waals surface area contributed by atoms with Crippen LogP contribution in [0.25, 0.3) is 0 Å². The van der Waals surface area contributed by atoms with Crippen LogP contribution in [0.1, 0.15) is 10.4 Å². The van der Waals surface area contributed by atoms with Crippen molar-refractivity contribution in [3.05, 3.63) is 33.3 Å². The van der Waals surface area contributed by atoms with Crippen molar-refractivity contribution in [3.8, 4) is 0 Å². The molecule has 0 saturated heterocycles. The average molecular weight is 348 g/mol. The molecule has 0 bridgehead atoms. The first kappa shape index (κ1) is 12.1. The van der Waals surface area contributed by atoms with E-state index in [1.165, 1.54) is 18.2 Å². The van der Waals surface area contributed by atoms with Gasteiger partial charge >= 0.3 is 4.83 Å². The molecule has 6 heteroatoms. The second-order valence-corrected chi connectivity index (χ2v) is 4.71. The molecule has 1 aromatic rings. The van der Waals surface area contributed by atoms with Gasteiger partial charge in [0.1, 0.15) is 0 Å². The van der Waals surface area contributed by atoms with E-state index in [1.807, 2.05) is 15.9 Å². The number of hydrogen-bond donors (Lipinski definition) is 0. The molecule has 1 rings (SSSR count). The summed E-state index contributed by atoms with van der Waals surface area (Å²) in [6, 6.07) is 3.89. The molecule has 0 unspecified atom stereocenters. The Labute approximate surface area is 101 Å². The van der Waals surface area contributed by atoms with E-state index in [1.54, 1.807) is 0 Å². The highest BCUT2D eigenvalue weighted by molar-refractivity contribution is 9.10. The van der Waals surface area contributed by atoms with Crippen molar-refractivity contribution in [2.24, 2.45) is 0 Å². The van der Waals surface area contributed by atoms with E-state index in [4.69, 9.17) is 11.6 Å². The molecule has 14 heavy (non-hydrogen) atoms. The number of hydrogen-bond acceptors (Lipinski definition) is 1. The van der Waals surface area contributed by atoms with E-state index in [0.717, 1.165) is 0 Å². The van der Waals surface area contributed by atoms with Gasteiger partial charge in [0.15, 0.2) is 0 Å². The van der Waals surface area contributed by atoms with Gasteiger partial charge in [0.05, 0.1) is 5.02 Å². The first-order valence-corrected chi connectivity index (χ1v) is 5.35. The number of ketones is 1. The van der Waals surface area contributed by atoms with Crippen LogP contribution in [-0.2, 0) is 0 Å². The van der Waals surface area contributed by atoms with E-state index in [9.17, 15) is 13.6 Å². The minimum Gasteiger partial charge on any atom is -0.286 e. The maximum Gasteiger partial charge on any atom is 0.363 e. The first-order valence-electron chi connectivity index (χ1n) is 3.39. The summed E-state index contributed by atoms with van der Waals surface area (Å²) in [7, 11) is 0. The van der Waals surface area contributed by atoms with E-state index in [0.29, 0.717) is 4.47 Å². The molecule has 0 aliphatic rings. The van der Waals surface area contributed by atoms with Gasteiger partial charge in [0, 0.05) is 10.0 Å². The van der Waals surface area contributed by atoms with Crippen LogP contribution >= 0.6 is 43.5 Å². The summed E-state index contributed by atoms with van der Waals surface area (Å²) in [5.41, 5.74) is -0.139. The maximum absolute atomic E-state index is 12.5. The van der Waals surface area contributed by atoms with E-state index in [2.05, 4.69) is 15.9 Å². The third-order valence-electron chi connectivity index (χ3n) is 1.44. The maximum atomic E-state index is 12.5. The van der Waals surface area contributed by atoms with Gasteiger partial charge in [-0.1, -0.05) is 11.6 Å². The van der Waals surface area contributed by atoms with Gasteiger partial charge in [-0.05, 0) is 50.1 Å². The van der Waals surface area contributed by atoms with Crippen LogP contribution in [0.5, 0.6) is 0 Å². The molecule has 0 spiro atoms. The Bertz CT molecular complexity index is 376. The van der Waals surface area contributed by atoms with Crippen LogP contribution in [0.4, 0.5) is 8.78 Å². The Kier molecular flexibility index (Phi) is 3.66. The van der Waals surface area contributed by atoms with Crippen molar-refractivity contribution in [1.29, 1.82) is 0 Å². The summed E-state index contributed by atoms with van der Waals surface area (Å²) in [5.74, 6) is -1.31. The number of alkyl halides is 3. The summed E-state index contributed by atoms with van der Waals surface area (Å²) in [6.45, 7) is 0. The van der Waals surface area contributed by atoms with Gasteiger partial charge in [0.2, 0.25) is 5.78 Å². The fourth-order valence-electron chi connectivity index (χ4n) is 0.801. The van der Waals surface area contributed by atoms with Crippen molar-refractivity contribution in [2.45, 2.75) is 4.83 Å². The van der Waals surface area contributed by atoms with Crippen LogP contribution in [0.3, 0.4) is 0 Å². The Hall–Kier alpha value is -0.000000000000000167. The summed E-state index contributed by atoms with van der Waals surface area (Å²) in [5, 5.41) is 0.215. The topological polar surface area (TPSA) is 17.1 Å². The third-order valence-corrected chi connectivity index (χ3v) is 3.03. The lowest BCUT2D eigenvalue weighted by Gasteiger charge is -2.07. The van der Waals surface area contributed by atoms with E-state index in [-0.39, 0.29) is 10.6 Å². The van der Waals surface area contributed by atoms with Gasteiger partial charge in [0.25, 0.3) is 0 Å². The molecule has 1 nitrogen and oxygen atoms in total. The molecule has 0 heterocycles. The van der Waals surface area contributed by atoms with Gasteiger partial charge < -0.3 is 0 Å². The number of carbonyl (C=O) groups is 1. The molecular formula is C8H3Br2ClF2O. The Morgan fingerprint density at radius 2 is 2.00 bits per heavy atom. The zero-order chi connectivity index (χ0) is 10.9. The lowest BCUT2D eigenvalue weighted by molar-refractivity contribution is 0.0592. The number of Topliss-reactive ketones (excluding diaryl/α,β-unsaturated/α-hetero) is 1. The van der Waals surface area contributed by atoms with Gasteiger partial charge in [-0.15, -0.1) is 0 Å². The quantitative estimate of drug-likeness (QED) is 0.576. The lowest BCUT2D eigenvalue weighted by atomic mass is 10.1. The monoisotopic (exact) mass is 346 g/mol. The van der Waals surface area contributed by atoms with E-state index < -0.39 is 10.6 Å². The molecule has 0 aliphatic carbocycles. The van der Waals surface area contributed by atoms with Crippen molar-refractivity contribution < 1.29 is 13.6 Å². The fourth-order valence-corrected chi connectivity index (χ4v) is 1.46. The largest absolute Gasteiger partial charge is 0.363 e. The number of rotatable bonds is 2. The minimum absolute atomic E-state index is 0.139. The molecule has 0 aliphatic heterocycles. The van der Waals surface area contributed by atoms with Crippen LogP contribution in [-0.4, -0.2) is 10.6 Å². The SMILES string of the molecule is O=C(c1ccc(Br)c(Cl)c1)C(F)(F)Br. The second-order valence-electron chi connectivity index (χ2n) is 2.46. The zero-order valence-corrected chi connectivity index (χ0v) is 10.5. The number of benzene rings is 1. The molecule has 76 valence electrons. The molecule has 0 N–H and O–H groups in total. The Morgan fingerprint density at radius 3 is 2.43 bits per heavy atom. The smallest absolute Gasteiger partial charge is 0.286 e. The summed E-state index contributed by atoms with van der Waals surface area (Å²) in [6.07, 6.45) is 0. The van der Waals surface area contributed by atoms with Crippen LogP contribution in [0.15, 0.2) is 22.7 Å². The highest BCUT2D eigenvalue weighted by Crippen LogP contribution is 2.30. The van der Waals surface area contributed by atoms with Crippen LogP contribution in [0.2, 0.25) is 5.02 Å². The number of halogens is 5. The summed E-state index contributed by atoms with van der Waals surface area (Å²) in [4.78, 5) is 7.51. The molecule has 1 aromatic carbocycles. The average Bonchev–Trinajstić information content (AvgIpc) is 2.07. The predicted octanol–water partition coefficient (Wildman–Crippen LogP) is 4.27. The van der Waals surface area contributed by atoms with Crippen molar-refractivity contribution in [2.75, 3.05) is 0 Å². The Balaban J connectivity index is 3.10. The summed E-state index contributed by atoms with van der Waals surface area (Å²) < 4.78 is 25.6. The van der Waals surface area contributed by atoms with Gasteiger partial charge in [-0.3, -0.25) is 4.79 Å². The summed E-state index contributed by atoms with van der Waals surface area (Å²) >= 11 is 10.7. The van der Waals surface area contributed by atoms with Crippen molar-refractivity contribution in [1.82, 2.24) is 0 Å². The van der Waals surface area contributed by atoms with Crippen LogP contribution in [0, 0.1) is 0 Å². The molecule has 0 amide bonds. The fraction of sp³-hybridized carbons (Fsp3) is 0.125. The van der Waals surface area contributed by atoms with Crippen molar-refractivity contribution in [3.63, 3.8) is 0 Å². The highest BCUT2D eigenvalue weighted by Gasteiger charge is 2.35.